The minimum Gasteiger partial charge on any atom is -1.00 e. The van der Waals surface area contributed by atoms with E-state index in [0.29, 0.717) is 0 Å². The van der Waals surface area contributed by atoms with Gasteiger partial charge in [0.2, 0.25) is 0 Å². The van der Waals surface area contributed by atoms with Gasteiger partial charge in [-0.25, -0.2) is 0 Å². The summed E-state index contributed by atoms with van der Waals surface area (Å²) in [6.45, 7) is 5.58. The molecule has 0 aromatic carbocycles. The summed E-state index contributed by atoms with van der Waals surface area (Å²) in [5.74, 6) is 0. The maximum absolute atomic E-state index is 4.89. The van der Waals surface area contributed by atoms with Gasteiger partial charge in [-0.2, -0.15) is 0 Å². The van der Waals surface area contributed by atoms with Crippen LogP contribution < -0.4 is 17.0 Å². The molecule has 0 spiro atoms. The number of rotatable bonds is 2. The Morgan fingerprint density at radius 2 is 1.44 bits per heavy atom. The van der Waals surface area contributed by atoms with Gasteiger partial charge in [-0.15, -0.1) is 0 Å². The molecule has 0 saturated carbocycles. The van der Waals surface area contributed by atoms with Crippen molar-refractivity contribution in [2.45, 2.75) is 6.55 Å². The smallest absolute Gasteiger partial charge is 1.00 e. The summed E-state index contributed by atoms with van der Waals surface area (Å²) in [5.41, 5.74) is 0. The van der Waals surface area contributed by atoms with Crippen molar-refractivity contribution in [3.8, 4) is 0 Å². The van der Waals surface area contributed by atoms with Crippen molar-refractivity contribution in [3.63, 3.8) is 0 Å². The molecule has 52 valence electrons. The van der Waals surface area contributed by atoms with Crippen LogP contribution in [0.1, 0.15) is 0 Å². The van der Waals surface area contributed by atoms with Gasteiger partial charge in [0.05, 0.1) is 0 Å². The fraction of sp³-hybridized carbons (Fsp3) is 0.750. The molecule has 0 radical (unpaired) electrons. The Kier molecular flexibility index (Phi) is 14.0. The van der Waals surface area contributed by atoms with E-state index in [2.05, 4.69) is 6.55 Å². The molecule has 0 aliphatic carbocycles. The molecular formula is C4H11BrMgO2Si. The van der Waals surface area contributed by atoms with Crippen molar-refractivity contribution < 1.29 is 25.8 Å². The van der Waals surface area contributed by atoms with Crippen LogP contribution in [0.5, 0.6) is 0 Å². The average molecular weight is 223 g/mol. The third-order valence-corrected chi connectivity index (χ3v) is 2.59. The second kappa shape index (κ2) is 7.49. The molecule has 0 rings (SSSR count). The van der Waals surface area contributed by atoms with Crippen molar-refractivity contribution in [3.05, 3.63) is 6.55 Å². The molecule has 0 aliphatic heterocycles. The van der Waals surface area contributed by atoms with Gasteiger partial charge in [-0.1, -0.05) is 0 Å². The molecule has 2 nitrogen and oxygen atoms in total. The third kappa shape index (κ3) is 9.38. The first-order valence-electron chi connectivity index (χ1n) is 2.08. The molecular weight excluding hydrogens is 212 g/mol. The van der Waals surface area contributed by atoms with Crippen LogP contribution in [-0.4, -0.2) is 45.8 Å². The first-order chi connectivity index (χ1) is 3.12. The Bertz CT molecular complexity index is 56.5. The Hall–Kier alpha value is 1.38. The van der Waals surface area contributed by atoms with Gasteiger partial charge < -0.3 is 25.8 Å². The molecule has 0 fully saturated rings. The van der Waals surface area contributed by atoms with Gasteiger partial charge in [0.1, 0.15) is 0 Å². The Balaban J connectivity index is -0.000000180. The van der Waals surface area contributed by atoms with Gasteiger partial charge in [-0.3, -0.25) is 6.55 Å². The fourth-order valence-corrected chi connectivity index (χ4v) is 0.250. The van der Waals surface area contributed by atoms with E-state index in [0.717, 1.165) is 0 Å². The van der Waals surface area contributed by atoms with Crippen LogP contribution >= 0.6 is 0 Å². The molecule has 0 aromatic heterocycles. The zero-order chi connectivity index (χ0) is 5.91. The molecule has 0 aliphatic rings. The van der Waals surface area contributed by atoms with Crippen molar-refractivity contribution in [1.82, 2.24) is 0 Å². The number of halogens is 1. The maximum atomic E-state index is 4.89. The topological polar surface area (TPSA) is 18.5 Å². The number of hydrogen-bond donors (Lipinski definition) is 0. The van der Waals surface area contributed by atoms with Crippen molar-refractivity contribution >= 4 is 31.6 Å². The molecule has 0 amide bonds. The SMILES string of the molecule is [Br-].[CH2-][Si](C)(OC)OC.[Mg+2]. The van der Waals surface area contributed by atoms with Crippen molar-refractivity contribution in [2.75, 3.05) is 14.2 Å². The van der Waals surface area contributed by atoms with Crippen LogP contribution in [0.15, 0.2) is 0 Å². The zero-order valence-electron chi connectivity index (χ0n) is 6.11. The molecule has 0 saturated heterocycles. The van der Waals surface area contributed by atoms with E-state index in [9.17, 15) is 0 Å². The fourth-order valence-electron chi connectivity index (χ4n) is 0.0833. The van der Waals surface area contributed by atoms with Gasteiger partial charge in [0.25, 0.3) is 0 Å². The predicted octanol–water partition coefficient (Wildman–Crippen LogP) is -2.65. The van der Waals surface area contributed by atoms with E-state index in [4.69, 9.17) is 8.85 Å². The first-order valence-corrected chi connectivity index (χ1v) is 4.60. The molecule has 5 heteroatoms. The summed E-state index contributed by atoms with van der Waals surface area (Å²) in [6, 6.07) is 0. The van der Waals surface area contributed by atoms with Crippen molar-refractivity contribution in [1.29, 1.82) is 0 Å². The molecule has 0 N–H and O–H groups in total. The minimum absolute atomic E-state index is 0. The zero-order valence-corrected chi connectivity index (χ0v) is 10.1. The van der Waals surface area contributed by atoms with Gasteiger partial charge >= 0.3 is 23.1 Å². The Labute approximate surface area is 84.5 Å². The summed E-state index contributed by atoms with van der Waals surface area (Å²) in [4.78, 5) is 0. The second-order valence-electron chi connectivity index (χ2n) is 1.54. The summed E-state index contributed by atoms with van der Waals surface area (Å²) in [6.07, 6.45) is 0. The average Bonchev–Trinajstić information content (AvgIpc) is 1.68. The molecule has 0 unspecified atom stereocenters. The monoisotopic (exact) mass is 222 g/mol. The Morgan fingerprint density at radius 3 is 1.44 bits per heavy atom. The third-order valence-electron chi connectivity index (χ3n) is 0.864. The molecule has 0 atom stereocenters. The van der Waals surface area contributed by atoms with Crippen LogP contribution in [0.25, 0.3) is 0 Å². The van der Waals surface area contributed by atoms with E-state index in [1.54, 1.807) is 14.2 Å². The van der Waals surface area contributed by atoms with E-state index in [1.807, 2.05) is 6.55 Å². The molecule has 9 heavy (non-hydrogen) atoms. The summed E-state index contributed by atoms with van der Waals surface area (Å²) in [5, 5.41) is 0. The summed E-state index contributed by atoms with van der Waals surface area (Å²) < 4.78 is 9.78. The molecule has 0 aromatic rings. The largest absolute Gasteiger partial charge is 2.00 e. The number of hydrogen-bond acceptors (Lipinski definition) is 2. The van der Waals surface area contributed by atoms with E-state index in [-0.39, 0.29) is 40.0 Å². The predicted molar refractivity (Wildman–Crippen MR) is 36.7 cm³/mol. The Morgan fingerprint density at radius 1 is 1.22 bits per heavy atom. The van der Waals surface area contributed by atoms with E-state index < -0.39 is 8.56 Å². The van der Waals surface area contributed by atoms with Crippen LogP contribution in [0.2, 0.25) is 6.55 Å². The van der Waals surface area contributed by atoms with Gasteiger partial charge in [0.15, 0.2) is 8.56 Å². The quantitative estimate of drug-likeness (QED) is 0.376. The molecule has 0 bridgehead atoms. The second-order valence-corrected chi connectivity index (χ2v) is 4.63. The first kappa shape index (κ1) is 16.8. The standard InChI is InChI=1S/C4H11O2Si.BrH.Mg/c1-5-7(3,4)6-2;;/h3H2,1-2,4H3;1H;/q-1;;+2/p-1. The maximum Gasteiger partial charge on any atom is 2.00 e. The summed E-state index contributed by atoms with van der Waals surface area (Å²) in [7, 11) is 1.33. The van der Waals surface area contributed by atoms with E-state index >= 15 is 0 Å². The van der Waals surface area contributed by atoms with Gasteiger partial charge in [-0.05, 0) is 6.55 Å². The normalized spacial score (nSPS) is 9.33. The van der Waals surface area contributed by atoms with Crippen molar-refractivity contribution in [2.24, 2.45) is 0 Å². The van der Waals surface area contributed by atoms with E-state index in [1.165, 1.54) is 0 Å². The van der Waals surface area contributed by atoms with Crippen LogP contribution in [0.4, 0.5) is 0 Å². The van der Waals surface area contributed by atoms with Crippen LogP contribution in [-0.2, 0) is 8.85 Å². The van der Waals surface area contributed by atoms with Crippen LogP contribution in [0.3, 0.4) is 0 Å². The minimum atomic E-state index is -1.90. The van der Waals surface area contributed by atoms with Gasteiger partial charge in [0, 0.05) is 14.2 Å². The molecule has 0 heterocycles. The van der Waals surface area contributed by atoms with Crippen LogP contribution in [0, 0.1) is 6.55 Å². The summed E-state index contributed by atoms with van der Waals surface area (Å²) >= 11 is 0.